The van der Waals surface area contributed by atoms with Gasteiger partial charge in [-0.3, -0.25) is 0 Å². The second-order valence-electron chi connectivity index (χ2n) is 2.04. The Morgan fingerprint density at radius 3 is 1.82 bits per heavy atom. The Morgan fingerprint density at radius 1 is 1.09 bits per heavy atom. The van der Waals surface area contributed by atoms with E-state index >= 15 is 0 Å². The largest absolute Gasteiger partial charge is 0.394 e. The van der Waals surface area contributed by atoms with Crippen LogP contribution in [0.4, 0.5) is 0 Å². The summed E-state index contributed by atoms with van der Waals surface area (Å²) in [6.07, 6.45) is -3.87. The SMILES string of the molecule is I.NCC(O)C(O)C(O)CO. The highest BCUT2D eigenvalue weighted by Crippen LogP contribution is 1.97. The van der Waals surface area contributed by atoms with Crippen molar-refractivity contribution in [2.24, 2.45) is 5.73 Å². The Hall–Kier alpha value is 0.530. The second-order valence-corrected chi connectivity index (χ2v) is 2.04. The fourth-order valence-corrected chi connectivity index (χ4v) is 0.504. The van der Waals surface area contributed by atoms with Crippen LogP contribution in [-0.2, 0) is 0 Å². The highest BCUT2D eigenvalue weighted by Gasteiger charge is 2.22. The van der Waals surface area contributed by atoms with Gasteiger partial charge in [0.2, 0.25) is 0 Å². The van der Waals surface area contributed by atoms with Crippen molar-refractivity contribution in [3.05, 3.63) is 0 Å². The van der Waals surface area contributed by atoms with Gasteiger partial charge in [-0.05, 0) is 0 Å². The van der Waals surface area contributed by atoms with Crippen molar-refractivity contribution in [2.75, 3.05) is 13.2 Å². The van der Waals surface area contributed by atoms with E-state index in [9.17, 15) is 0 Å². The molecule has 70 valence electrons. The van der Waals surface area contributed by atoms with Crippen molar-refractivity contribution in [3.63, 3.8) is 0 Å². The van der Waals surface area contributed by atoms with Gasteiger partial charge in [0.15, 0.2) is 0 Å². The molecule has 0 aliphatic rings. The fraction of sp³-hybridized carbons (Fsp3) is 1.00. The Balaban J connectivity index is 0. The number of nitrogens with two attached hydrogens (primary N) is 1. The smallest absolute Gasteiger partial charge is 0.109 e. The van der Waals surface area contributed by atoms with Gasteiger partial charge in [-0.15, -0.1) is 24.0 Å². The maximum Gasteiger partial charge on any atom is 0.109 e. The van der Waals surface area contributed by atoms with Crippen LogP contribution in [0.2, 0.25) is 0 Å². The second kappa shape index (κ2) is 7.19. The zero-order chi connectivity index (χ0) is 8.15. The molecule has 5 nitrogen and oxygen atoms in total. The summed E-state index contributed by atoms with van der Waals surface area (Å²) in [5.41, 5.74) is 4.96. The highest BCUT2D eigenvalue weighted by molar-refractivity contribution is 14.0. The normalized spacial score (nSPS) is 18.3. The Labute approximate surface area is 81.9 Å². The number of hydrogen-bond acceptors (Lipinski definition) is 5. The third-order valence-corrected chi connectivity index (χ3v) is 1.22. The molecule has 6 heteroatoms. The third-order valence-electron chi connectivity index (χ3n) is 1.22. The lowest BCUT2D eigenvalue weighted by atomic mass is 10.1. The van der Waals surface area contributed by atoms with E-state index in [2.05, 4.69) is 0 Å². The summed E-state index contributed by atoms with van der Waals surface area (Å²) in [7, 11) is 0. The van der Waals surface area contributed by atoms with Crippen molar-refractivity contribution in [2.45, 2.75) is 18.3 Å². The first-order valence-corrected chi connectivity index (χ1v) is 2.98. The van der Waals surface area contributed by atoms with Crippen LogP contribution in [0.15, 0.2) is 0 Å². The molecule has 0 spiro atoms. The Bertz CT molecular complexity index is 84.6. The van der Waals surface area contributed by atoms with Crippen LogP contribution < -0.4 is 5.73 Å². The lowest BCUT2D eigenvalue weighted by Crippen LogP contribution is -2.43. The molecule has 0 radical (unpaired) electrons. The monoisotopic (exact) mass is 279 g/mol. The Kier molecular flexibility index (Phi) is 9.21. The molecule has 0 aromatic carbocycles. The minimum absolute atomic E-state index is 0. The molecule has 0 saturated heterocycles. The van der Waals surface area contributed by atoms with Crippen LogP contribution in [0, 0.1) is 0 Å². The zero-order valence-corrected chi connectivity index (χ0v) is 8.25. The molecule has 0 rings (SSSR count). The van der Waals surface area contributed by atoms with E-state index in [1.165, 1.54) is 0 Å². The molecule has 0 amide bonds. The first kappa shape index (κ1) is 14.1. The van der Waals surface area contributed by atoms with Gasteiger partial charge in [0.05, 0.1) is 12.7 Å². The quantitative estimate of drug-likeness (QED) is 0.370. The average Bonchev–Trinajstić information content (AvgIpc) is 2.00. The first-order valence-electron chi connectivity index (χ1n) is 2.98. The van der Waals surface area contributed by atoms with Crippen LogP contribution in [0.1, 0.15) is 0 Å². The standard InChI is InChI=1S/C5H13NO4.HI/c6-1-3(8)5(10)4(9)2-7;/h3-5,7-10H,1-2,6H2;1H. The summed E-state index contributed by atoms with van der Waals surface area (Å²) in [6, 6.07) is 0. The summed E-state index contributed by atoms with van der Waals surface area (Å²) in [4.78, 5) is 0. The predicted molar refractivity (Wildman–Crippen MR) is 49.6 cm³/mol. The highest BCUT2D eigenvalue weighted by atomic mass is 127. The van der Waals surface area contributed by atoms with Crippen LogP contribution in [0.25, 0.3) is 0 Å². The van der Waals surface area contributed by atoms with Crippen molar-refractivity contribution in [1.82, 2.24) is 0 Å². The van der Waals surface area contributed by atoms with Gasteiger partial charge in [-0.1, -0.05) is 0 Å². The van der Waals surface area contributed by atoms with E-state index < -0.39 is 24.9 Å². The Morgan fingerprint density at radius 2 is 1.55 bits per heavy atom. The van der Waals surface area contributed by atoms with Gasteiger partial charge in [0.1, 0.15) is 12.2 Å². The van der Waals surface area contributed by atoms with Gasteiger partial charge >= 0.3 is 0 Å². The average molecular weight is 279 g/mol. The number of aliphatic hydroxyl groups is 4. The summed E-state index contributed by atoms with van der Waals surface area (Å²) in [6.45, 7) is -0.726. The molecule has 3 atom stereocenters. The number of hydrogen-bond donors (Lipinski definition) is 5. The number of halogens is 1. The fourth-order valence-electron chi connectivity index (χ4n) is 0.504. The lowest BCUT2D eigenvalue weighted by molar-refractivity contribution is -0.0727. The lowest BCUT2D eigenvalue weighted by Gasteiger charge is -2.19. The van der Waals surface area contributed by atoms with Gasteiger partial charge < -0.3 is 26.2 Å². The topological polar surface area (TPSA) is 107 Å². The van der Waals surface area contributed by atoms with Crippen molar-refractivity contribution in [3.8, 4) is 0 Å². The van der Waals surface area contributed by atoms with Crippen molar-refractivity contribution < 1.29 is 20.4 Å². The van der Waals surface area contributed by atoms with Gasteiger partial charge in [-0.2, -0.15) is 0 Å². The molecular weight excluding hydrogens is 265 g/mol. The molecule has 0 aromatic heterocycles. The molecule has 3 unspecified atom stereocenters. The molecular formula is C5H14INO4. The van der Waals surface area contributed by atoms with Crippen LogP contribution in [-0.4, -0.2) is 51.9 Å². The molecule has 0 bridgehead atoms. The number of aliphatic hydroxyl groups excluding tert-OH is 4. The van der Waals surface area contributed by atoms with E-state index in [-0.39, 0.29) is 30.5 Å². The van der Waals surface area contributed by atoms with E-state index in [1.807, 2.05) is 0 Å². The van der Waals surface area contributed by atoms with E-state index in [0.717, 1.165) is 0 Å². The first-order chi connectivity index (χ1) is 4.63. The molecule has 0 aliphatic heterocycles. The zero-order valence-electron chi connectivity index (χ0n) is 5.92. The molecule has 0 saturated carbocycles. The third kappa shape index (κ3) is 4.88. The van der Waals surface area contributed by atoms with E-state index in [4.69, 9.17) is 26.2 Å². The maximum absolute atomic E-state index is 8.85. The molecule has 0 aliphatic carbocycles. The van der Waals surface area contributed by atoms with Gasteiger partial charge in [0.25, 0.3) is 0 Å². The van der Waals surface area contributed by atoms with Crippen molar-refractivity contribution >= 4 is 24.0 Å². The summed E-state index contributed by atoms with van der Waals surface area (Å²) in [5.74, 6) is 0. The molecule has 6 N–H and O–H groups in total. The summed E-state index contributed by atoms with van der Waals surface area (Å²) >= 11 is 0. The van der Waals surface area contributed by atoms with Gasteiger partial charge in [-0.25, -0.2) is 0 Å². The molecule has 0 aromatic rings. The molecule has 0 heterocycles. The van der Waals surface area contributed by atoms with Crippen LogP contribution in [0.5, 0.6) is 0 Å². The minimum Gasteiger partial charge on any atom is -0.394 e. The minimum atomic E-state index is -1.37. The summed E-state index contributed by atoms with van der Waals surface area (Å²) in [5, 5.41) is 34.6. The molecule has 11 heavy (non-hydrogen) atoms. The van der Waals surface area contributed by atoms with E-state index in [0.29, 0.717) is 0 Å². The maximum atomic E-state index is 8.85. The van der Waals surface area contributed by atoms with Crippen LogP contribution in [0.3, 0.4) is 0 Å². The summed E-state index contributed by atoms with van der Waals surface area (Å²) < 4.78 is 0. The number of rotatable bonds is 4. The van der Waals surface area contributed by atoms with Crippen molar-refractivity contribution in [1.29, 1.82) is 0 Å². The molecule has 0 fully saturated rings. The van der Waals surface area contributed by atoms with Gasteiger partial charge in [0, 0.05) is 6.54 Å². The van der Waals surface area contributed by atoms with Crippen LogP contribution >= 0.6 is 24.0 Å². The predicted octanol–water partition coefficient (Wildman–Crippen LogP) is -2.36. The van der Waals surface area contributed by atoms with E-state index in [1.54, 1.807) is 0 Å².